The van der Waals surface area contributed by atoms with E-state index >= 15 is 0 Å². The van der Waals surface area contributed by atoms with Crippen LogP contribution in [-0.2, 0) is 0 Å². The summed E-state index contributed by atoms with van der Waals surface area (Å²) >= 11 is 5.68. The van der Waals surface area contributed by atoms with Crippen LogP contribution in [-0.4, -0.2) is 20.2 Å². The maximum absolute atomic E-state index is 3.92. The fourth-order valence-corrected chi connectivity index (χ4v) is 2.02. The Kier molecular flexibility index (Phi) is 2.82. The fraction of sp³-hybridized carbons (Fsp3) is 0.125. The van der Waals surface area contributed by atoms with Crippen molar-refractivity contribution in [2.45, 2.75) is 6.92 Å². The number of hydrogen-bond acceptors (Lipinski definition) is 3. The number of aromatic nitrogens is 4. The van der Waals surface area contributed by atoms with Gasteiger partial charge in [0.2, 0.25) is 0 Å². The van der Waals surface area contributed by atoms with E-state index in [1.807, 2.05) is 25.1 Å². The Bertz CT molecular complexity index is 468. The summed E-state index contributed by atoms with van der Waals surface area (Å²) in [7, 11) is 0. The van der Waals surface area contributed by atoms with Gasteiger partial charge < -0.3 is 0 Å². The molecule has 2 rings (SSSR count). The summed E-state index contributed by atoms with van der Waals surface area (Å²) in [4.78, 5) is 0. The molecule has 4 nitrogen and oxygen atoms in total. The van der Waals surface area contributed by atoms with Gasteiger partial charge in [0.1, 0.15) is 0 Å². The van der Waals surface area contributed by atoms with E-state index in [1.165, 1.54) is 0 Å². The van der Waals surface area contributed by atoms with Crippen molar-refractivity contribution >= 4 is 38.5 Å². The van der Waals surface area contributed by atoms with E-state index in [9.17, 15) is 0 Å². The molecule has 14 heavy (non-hydrogen) atoms. The van der Waals surface area contributed by atoms with Crippen molar-refractivity contribution in [3.05, 3.63) is 32.1 Å². The predicted octanol–water partition coefficient (Wildman–Crippen LogP) is 2.34. The SMILES string of the molecule is Cc1nnnn1-c1cc(Br)ccc1I. The van der Waals surface area contributed by atoms with Crippen molar-refractivity contribution in [3.63, 3.8) is 0 Å². The Labute approximate surface area is 103 Å². The summed E-state index contributed by atoms with van der Waals surface area (Å²) < 4.78 is 3.84. The van der Waals surface area contributed by atoms with Crippen molar-refractivity contribution < 1.29 is 0 Å². The minimum absolute atomic E-state index is 0.779. The molecule has 0 aliphatic carbocycles. The van der Waals surface area contributed by atoms with Gasteiger partial charge in [0, 0.05) is 8.04 Å². The molecular formula is C8H6BrIN4. The molecular weight excluding hydrogens is 359 g/mol. The van der Waals surface area contributed by atoms with Crippen LogP contribution in [0.25, 0.3) is 5.69 Å². The number of benzene rings is 1. The number of halogens is 2. The highest BCUT2D eigenvalue weighted by Crippen LogP contribution is 2.21. The van der Waals surface area contributed by atoms with Crippen molar-refractivity contribution in [3.8, 4) is 5.69 Å². The molecule has 0 unspecified atom stereocenters. The van der Waals surface area contributed by atoms with Crippen LogP contribution in [0, 0.1) is 10.5 Å². The standard InChI is InChI=1S/C8H6BrIN4/c1-5-11-12-13-14(5)8-4-6(9)2-3-7(8)10/h2-4H,1H3. The molecule has 0 radical (unpaired) electrons. The van der Waals surface area contributed by atoms with Gasteiger partial charge in [-0.3, -0.25) is 0 Å². The van der Waals surface area contributed by atoms with Crippen molar-refractivity contribution in [1.29, 1.82) is 0 Å². The lowest BCUT2D eigenvalue weighted by molar-refractivity contribution is 0.776. The molecule has 0 fully saturated rings. The molecule has 6 heteroatoms. The first-order valence-corrected chi connectivity index (χ1v) is 5.76. The third kappa shape index (κ3) is 1.81. The highest BCUT2D eigenvalue weighted by Gasteiger charge is 2.07. The monoisotopic (exact) mass is 364 g/mol. The van der Waals surface area contributed by atoms with E-state index < -0.39 is 0 Å². The van der Waals surface area contributed by atoms with Gasteiger partial charge in [0.15, 0.2) is 5.82 Å². The molecule has 0 amide bonds. The first-order chi connectivity index (χ1) is 6.68. The van der Waals surface area contributed by atoms with E-state index in [1.54, 1.807) is 4.68 Å². The summed E-state index contributed by atoms with van der Waals surface area (Å²) in [5.41, 5.74) is 0.988. The first kappa shape index (κ1) is 10.0. The normalized spacial score (nSPS) is 10.5. The van der Waals surface area contributed by atoms with E-state index in [2.05, 4.69) is 54.0 Å². The maximum Gasteiger partial charge on any atom is 0.153 e. The zero-order chi connectivity index (χ0) is 10.1. The molecule has 0 aliphatic rings. The molecule has 0 saturated heterocycles. The molecule has 1 heterocycles. The molecule has 1 aromatic carbocycles. The Morgan fingerprint density at radius 3 is 2.86 bits per heavy atom. The van der Waals surface area contributed by atoms with E-state index in [0.717, 1.165) is 19.6 Å². The maximum atomic E-state index is 3.92. The van der Waals surface area contributed by atoms with Gasteiger partial charge in [0.05, 0.1) is 5.69 Å². The van der Waals surface area contributed by atoms with Crippen LogP contribution in [0.1, 0.15) is 5.82 Å². The number of hydrogen-bond donors (Lipinski definition) is 0. The Morgan fingerprint density at radius 2 is 2.21 bits per heavy atom. The average molecular weight is 365 g/mol. The largest absolute Gasteiger partial charge is 0.197 e. The van der Waals surface area contributed by atoms with Crippen LogP contribution in [0.2, 0.25) is 0 Å². The van der Waals surface area contributed by atoms with Crippen LogP contribution in [0.3, 0.4) is 0 Å². The molecule has 0 aliphatic heterocycles. The van der Waals surface area contributed by atoms with Crippen molar-refractivity contribution in [2.24, 2.45) is 0 Å². The first-order valence-electron chi connectivity index (χ1n) is 3.89. The molecule has 0 N–H and O–H groups in total. The minimum Gasteiger partial charge on any atom is -0.197 e. The van der Waals surface area contributed by atoms with E-state index in [4.69, 9.17) is 0 Å². The second-order valence-electron chi connectivity index (χ2n) is 2.73. The summed E-state index contributed by atoms with van der Waals surface area (Å²) in [5, 5.41) is 11.4. The number of nitrogens with zero attached hydrogens (tertiary/aromatic N) is 4. The smallest absolute Gasteiger partial charge is 0.153 e. The van der Waals surface area contributed by atoms with Crippen LogP contribution >= 0.6 is 38.5 Å². The summed E-state index contributed by atoms with van der Waals surface area (Å²) in [6.45, 7) is 1.87. The van der Waals surface area contributed by atoms with Gasteiger partial charge in [-0.15, -0.1) is 5.10 Å². The lowest BCUT2D eigenvalue weighted by Crippen LogP contribution is -2.01. The fourth-order valence-electron chi connectivity index (χ4n) is 1.10. The van der Waals surface area contributed by atoms with Crippen LogP contribution < -0.4 is 0 Å². The van der Waals surface area contributed by atoms with Crippen molar-refractivity contribution in [1.82, 2.24) is 20.2 Å². The molecule has 0 atom stereocenters. The molecule has 0 bridgehead atoms. The predicted molar refractivity (Wildman–Crippen MR) is 64.3 cm³/mol. The summed E-state index contributed by atoms with van der Waals surface area (Å²) in [6, 6.07) is 6.00. The zero-order valence-electron chi connectivity index (χ0n) is 7.28. The topological polar surface area (TPSA) is 43.6 Å². The molecule has 72 valence electrons. The second kappa shape index (κ2) is 3.93. The molecule has 0 spiro atoms. The lowest BCUT2D eigenvalue weighted by Gasteiger charge is -2.04. The van der Waals surface area contributed by atoms with Crippen LogP contribution in [0.4, 0.5) is 0 Å². The Balaban J connectivity index is 2.62. The number of aryl methyl sites for hydroxylation is 1. The average Bonchev–Trinajstić information content (AvgIpc) is 2.56. The summed E-state index contributed by atoms with van der Waals surface area (Å²) in [6.07, 6.45) is 0. The van der Waals surface area contributed by atoms with Crippen LogP contribution in [0.5, 0.6) is 0 Å². The van der Waals surface area contributed by atoms with Crippen LogP contribution in [0.15, 0.2) is 22.7 Å². The highest BCUT2D eigenvalue weighted by atomic mass is 127. The third-order valence-electron chi connectivity index (χ3n) is 1.76. The minimum atomic E-state index is 0.779. The van der Waals surface area contributed by atoms with Gasteiger partial charge in [-0.2, -0.15) is 4.68 Å². The van der Waals surface area contributed by atoms with E-state index in [-0.39, 0.29) is 0 Å². The number of rotatable bonds is 1. The third-order valence-corrected chi connectivity index (χ3v) is 3.17. The van der Waals surface area contributed by atoms with Gasteiger partial charge in [-0.05, 0) is 58.1 Å². The van der Waals surface area contributed by atoms with Gasteiger partial charge >= 0.3 is 0 Å². The van der Waals surface area contributed by atoms with Gasteiger partial charge in [0.25, 0.3) is 0 Å². The lowest BCUT2D eigenvalue weighted by atomic mass is 10.3. The second-order valence-corrected chi connectivity index (χ2v) is 4.81. The Morgan fingerprint density at radius 1 is 1.43 bits per heavy atom. The molecule has 2 aromatic rings. The number of tetrazole rings is 1. The van der Waals surface area contributed by atoms with Crippen molar-refractivity contribution in [2.75, 3.05) is 0 Å². The van der Waals surface area contributed by atoms with Gasteiger partial charge in [-0.25, -0.2) is 0 Å². The Hall–Kier alpha value is -0.500. The highest BCUT2D eigenvalue weighted by molar-refractivity contribution is 14.1. The quantitative estimate of drug-likeness (QED) is 0.729. The zero-order valence-corrected chi connectivity index (χ0v) is 11.0. The molecule has 0 saturated carbocycles. The van der Waals surface area contributed by atoms with Gasteiger partial charge in [-0.1, -0.05) is 15.9 Å². The summed E-state index contributed by atoms with van der Waals surface area (Å²) in [5.74, 6) is 0.779. The molecule has 1 aromatic heterocycles. The van der Waals surface area contributed by atoms with E-state index in [0.29, 0.717) is 0 Å².